The van der Waals surface area contributed by atoms with Crippen molar-refractivity contribution in [3.63, 3.8) is 0 Å². The molecule has 0 fully saturated rings. The van der Waals surface area contributed by atoms with Gasteiger partial charge in [-0.3, -0.25) is 4.79 Å². The Morgan fingerprint density at radius 2 is 1.78 bits per heavy atom. The Hall–Kier alpha value is -1.40. The molecular formula is C12H17NO4S. The van der Waals surface area contributed by atoms with E-state index in [0.717, 1.165) is 0 Å². The van der Waals surface area contributed by atoms with Crippen LogP contribution >= 0.6 is 0 Å². The molecule has 0 amide bonds. The third-order valence-corrected chi connectivity index (χ3v) is 3.55. The molecule has 0 spiro atoms. The van der Waals surface area contributed by atoms with E-state index >= 15 is 0 Å². The van der Waals surface area contributed by atoms with Crippen LogP contribution in [-0.2, 0) is 14.8 Å². The van der Waals surface area contributed by atoms with Crippen LogP contribution in [-0.4, -0.2) is 19.5 Å². The van der Waals surface area contributed by atoms with E-state index < -0.39 is 21.9 Å². The molecule has 0 aliphatic heterocycles. The van der Waals surface area contributed by atoms with Crippen LogP contribution in [0.15, 0.2) is 29.2 Å². The lowest BCUT2D eigenvalue weighted by molar-refractivity contribution is -0.139. The molecule has 0 saturated carbocycles. The van der Waals surface area contributed by atoms with Crippen molar-refractivity contribution < 1.29 is 18.3 Å². The molecule has 1 rings (SSSR count). The van der Waals surface area contributed by atoms with Crippen molar-refractivity contribution in [2.45, 2.75) is 31.1 Å². The van der Waals surface area contributed by atoms with E-state index in [4.69, 9.17) is 10.2 Å². The maximum atomic E-state index is 11.2. The molecule has 0 bridgehead atoms. The van der Waals surface area contributed by atoms with E-state index in [0.29, 0.717) is 12.0 Å². The molecular weight excluding hydrogens is 254 g/mol. The molecule has 3 N–H and O–H groups in total. The van der Waals surface area contributed by atoms with Gasteiger partial charge in [0, 0.05) is 0 Å². The zero-order valence-corrected chi connectivity index (χ0v) is 11.1. The number of benzene rings is 1. The molecule has 0 radical (unpaired) electrons. The van der Waals surface area contributed by atoms with Crippen molar-refractivity contribution >= 4 is 16.0 Å². The first kappa shape index (κ1) is 14.7. The highest BCUT2D eigenvalue weighted by Crippen LogP contribution is 2.25. The molecule has 18 heavy (non-hydrogen) atoms. The third kappa shape index (κ3) is 3.82. The van der Waals surface area contributed by atoms with Gasteiger partial charge in [-0.1, -0.05) is 26.0 Å². The molecule has 0 aliphatic carbocycles. The monoisotopic (exact) mass is 271 g/mol. The van der Waals surface area contributed by atoms with Gasteiger partial charge in [-0.2, -0.15) is 0 Å². The summed E-state index contributed by atoms with van der Waals surface area (Å²) in [5.41, 5.74) is 0.587. The summed E-state index contributed by atoms with van der Waals surface area (Å²) in [5.74, 6) is -1.30. The van der Waals surface area contributed by atoms with E-state index in [9.17, 15) is 13.2 Å². The van der Waals surface area contributed by atoms with Crippen LogP contribution in [0.5, 0.6) is 0 Å². The van der Waals surface area contributed by atoms with Gasteiger partial charge in [-0.15, -0.1) is 0 Å². The fourth-order valence-corrected chi connectivity index (χ4v) is 2.26. The lowest BCUT2D eigenvalue weighted by Gasteiger charge is -2.15. The number of hydrogen-bond acceptors (Lipinski definition) is 3. The second-order valence-corrected chi connectivity index (χ2v) is 6.20. The number of rotatable bonds is 5. The third-order valence-electron chi connectivity index (χ3n) is 2.62. The molecule has 0 aromatic heterocycles. The molecule has 0 aliphatic rings. The first-order chi connectivity index (χ1) is 8.21. The SMILES string of the molecule is CC(C)CC(C(=O)O)c1ccc(S(N)(=O)=O)cc1. The van der Waals surface area contributed by atoms with Crippen LogP contribution < -0.4 is 5.14 Å². The fraction of sp³-hybridized carbons (Fsp3) is 0.417. The van der Waals surface area contributed by atoms with Crippen molar-refractivity contribution in [2.24, 2.45) is 11.1 Å². The van der Waals surface area contributed by atoms with Crippen LogP contribution in [0.3, 0.4) is 0 Å². The van der Waals surface area contributed by atoms with Gasteiger partial charge in [0.15, 0.2) is 0 Å². The van der Waals surface area contributed by atoms with Crippen molar-refractivity contribution in [3.8, 4) is 0 Å². The lowest BCUT2D eigenvalue weighted by atomic mass is 9.90. The average molecular weight is 271 g/mol. The minimum absolute atomic E-state index is 0.0139. The quantitative estimate of drug-likeness (QED) is 0.848. The van der Waals surface area contributed by atoms with Gasteiger partial charge in [0.05, 0.1) is 10.8 Å². The average Bonchev–Trinajstić information content (AvgIpc) is 2.24. The van der Waals surface area contributed by atoms with Crippen LogP contribution in [0.25, 0.3) is 0 Å². The molecule has 0 saturated heterocycles. The highest BCUT2D eigenvalue weighted by atomic mass is 32.2. The highest BCUT2D eigenvalue weighted by Gasteiger charge is 2.21. The Bertz CT molecular complexity index is 520. The van der Waals surface area contributed by atoms with E-state index in [1.807, 2.05) is 13.8 Å². The molecule has 6 heteroatoms. The summed E-state index contributed by atoms with van der Waals surface area (Å²) in [4.78, 5) is 11.2. The van der Waals surface area contributed by atoms with Gasteiger partial charge >= 0.3 is 5.97 Å². The summed E-state index contributed by atoms with van der Waals surface area (Å²) in [5, 5.41) is 14.1. The zero-order valence-electron chi connectivity index (χ0n) is 10.3. The summed E-state index contributed by atoms with van der Waals surface area (Å²) in [7, 11) is -3.74. The Kier molecular flexibility index (Phi) is 4.48. The second-order valence-electron chi connectivity index (χ2n) is 4.63. The summed E-state index contributed by atoms with van der Waals surface area (Å²) in [6.45, 7) is 3.88. The van der Waals surface area contributed by atoms with Gasteiger partial charge in [0.2, 0.25) is 10.0 Å². The Morgan fingerprint density at radius 1 is 1.28 bits per heavy atom. The van der Waals surface area contributed by atoms with Crippen molar-refractivity contribution in [3.05, 3.63) is 29.8 Å². The molecule has 1 aromatic rings. The number of carboxylic acids is 1. The maximum Gasteiger partial charge on any atom is 0.310 e. The van der Waals surface area contributed by atoms with E-state index in [1.165, 1.54) is 24.3 Å². The molecule has 1 aromatic carbocycles. The molecule has 1 atom stereocenters. The second kappa shape index (κ2) is 5.49. The van der Waals surface area contributed by atoms with Crippen molar-refractivity contribution in [1.29, 1.82) is 0 Å². The number of primary sulfonamides is 1. The largest absolute Gasteiger partial charge is 0.481 e. The summed E-state index contributed by atoms with van der Waals surface area (Å²) in [6.07, 6.45) is 0.504. The van der Waals surface area contributed by atoms with Gasteiger partial charge in [0.25, 0.3) is 0 Å². The Morgan fingerprint density at radius 3 is 2.11 bits per heavy atom. The van der Waals surface area contributed by atoms with E-state index in [1.54, 1.807) is 0 Å². The van der Waals surface area contributed by atoms with E-state index in [2.05, 4.69) is 0 Å². The predicted octanol–water partition coefficient (Wildman–Crippen LogP) is 1.55. The van der Waals surface area contributed by atoms with Crippen molar-refractivity contribution in [2.75, 3.05) is 0 Å². The number of nitrogens with two attached hydrogens (primary N) is 1. The van der Waals surface area contributed by atoms with Crippen LogP contribution in [0.1, 0.15) is 31.7 Å². The lowest BCUT2D eigenvalue weighted by Crippen LogP contribution is -2.15. The Labute approximate surface area is 107 Å². The number of hydrogen-bond donors (Lipinski definition) is 2. The van der Waals surface area contributed by atoms with Crippen LogP contribution in [0.2, 0.25) is 0 Å². The normalized spacial score (nSPS) is 13.6. The first-order valence-corrected chi connectivity index (χ1v) is 7.12. The minimum atomic E-state index is -3.74. The van der Waals surface area contributed by atoms with Crippen LogP contribution in [0, 0.1) is 5.92 Å². The van der Waals surface area contributed by atoms with Crippen LogP contribution in [0.4, 0.5) is 0 Å². The summed E-state index contributed by atoms with van der Waals surface area (Å²) < 4.78 is 22.2. The Balaban J connectivity index is 3.05. The first-order valence-electron chi connectivity index (χ1n) is 5.57. The van der Waals surface area contributed by atoms with Gasteiger partial charge in [0.1, 0.15) is 0 Å². The van der Waals surface area contributed by atoms with Crippen molar-refractivity contribution in [1.82, 2.24) is 0 Å². The summed E-state index contributed by atoms with van der Waals surface area (Å²) in [6, 6.07) is 5.67. The smallest absolute Gasteiger partial charge is 0.310 e. The number of sulfonamides is 1. The molecule has 100 valence electrons. The summed E-state index contributed by atoms with van der Waals surface area (Å²) >= 11 is 0. The predicted molar refractivity (Wildman–Crippen MR) is 67.6 cm³/mol. The number of aliphatic carboxylic acids is 1. The topological polar surface area (TPSA) is 97.5 Å². The number of carboxylic acid groups (broad SMARTS) is 1. The van der Waals surface area contributed by atoms with Gasteiger partial charge in [-0.25, -0.2) is 13.6 Å². The maximum absolute atomic E-state index is 11.2. The molecule has 5 nitrogen and oxygen atoms in total. The van der Waals surface area contributed by atoms with Gasteiger partial charge in [-0.05, 0) is 30.0 Å². The number of carbonyl (C=O) groups is 1. The minimum Gasteiger partial charge on any atom is -0.481 e. The van der Waals surface area contributed by atoms with E-state index in [-0.39, 0.29) is 10.8 Å². The standard InChI is InChI=1S/C12H17NO4S/c1-8(2)7-11(12(14)15)9-3-5-10(6-4-9)18(13,16)17/h3-6,8,11H,7H2,1-2H3,(H,14,15)(H2,13,16,17). The van der Waals surface area contributed by atoms with Gasteiger partial charge < -0.3 is 5.11 Å². The highest BCUT2D eigenvalue weighted by molar-refractivity contribution is 7.89. The molecule has 1 unspecified atom stereocenters. The molecule has 0 heterocycles. The zero-order chi connectivity index (χ0) is 13.9. The fourth-order valence-electron chi connectivity index (χ4n) is 1.74.